The summed E-state index contributed by atoms with van der Waals surface area (Å²) >= 11 is 0. The summed E-state index contributed by atoms with van der Waals surface area (Å²) in [6.45, 7) is 4.33. The van der Waals surface area contributed by atoms with Crippen LogP contribution in [0.2, 0.25) is 0 Å². The summed E-state index contributed by atoms with van der Waals surface area (Å²) in [6.07, 6.45) is 2.73. The van der Waals surface area contributed by atoms with Crippen LogP contribution in [0.5, 0.6) is 11.5 Å². The third-order valence-electron chi connectivity index (χ3n) is 4.60. The molecule has 2 aromatic rings. The minimum absolute atomic E-state index is 0.185. The van der Waals surface area contributed by atoms with E-state index in [2.05, 4.69) is 10.9 Å². The number of nitrogens with one attached hydrogen (secondary N) is 2. The van der Waals surface area contributed by atoms with E-state index in [0.29, 0.717) is 30.2 Å². The average Bonchev–Trinajstić information content (AvgIpc) is 2.81. The second-order valence-electron chi connectivity index (χ2n) is 6.50. The molecule has 172 valence electrons. The molecule has 2 N–H and O–H groups in total. The molecule has 0 atom stereocenters. The number of rotatable bonds is 9. The molecule has 0 saturated heterocycles. The molecule has 0 saturated carbocycles. The number of amides is 2. The first kappa shape index (κ1) is 24.9. The molecular formula is C22H27N3O6S. The lowest BCUT2D eigenvalue weighted by Gasteiger charge is -2.18. The Morgan fingerprint density at radius 3 is 2.12 bits per heavy atom. The number of hydrogen-bond acceptors (Lipinski definition) is 6. The molecule has 2 rings (SSSR count). The largest absolute Gasteiger partial charge is 0.493 e. The van der Waals surface area contributed by atoms with Gasteiger partial charge in [-0.1, -0.05) is 26.0 Å². The van der Waals surface area contributed by atoms with Crippen molar-refractivity contribution in [1.29, 1.82) is 0 Å². The maximum atomic E-state index is 12.5. The van der Waals surface area contributed by atoms with Gasteiger partial charge in [0.05, 0.1) is 19.1 Å². The molecule has 32 heavy (non-hydrogen) atoms. The minimum atomic E-state index is -3.54. The first-order valence-corrected chi connectivity index (χ1v) is 11.3. The highest BCUT2D eigenvalue weighted by Gasteiger charge is 2.21. The number of hydrogen-bond donors (Lipinski definition) is 2. The summed E-state index contributed by atoms with van der Waals surface area (Å²) in [5, 5.41) is 0. The maximum absolute atomic E-state index is 12.5. The Kier molecular flexibility index (Phi) is 8.80. The molecule has 0 aromatic heterocycles. The zero-order valence-electron chi connectivity index (χ0n) is 18.4. The Bertz CT molecular complexity index is 1080. The summed E-state index contributed by atoms with van der Waals surface area (Å²) < 4.78 is 36.6. The van der Waals surface area contributed by atoms with Gasteiger partial charge in [-0.15, -0.1) is 0 Å². The van der Waals surface area contributed by atoms with Crippen LogP contribution in [0.3, 0.4) is 0 Å². The Morgan fingerprint density at radius 2 is 1.56 bits per heavy atom. The highest BCUT2D eigenvalue weighted by atomic mass is 32.2. The summed E-state index contributed by atoms with van der Waals surface area (Å²) in [5.74, 6) is -0.220. The molecule has 2 amide bonds. The predicted octanol–water partition coefficient (Wildman–Crippen LogP) is 2.21. The molecule has 0 radical (unpaired) electrons. The number of carbonyl (C=O) groups is 2. The molecule has 0 aliphatic carbocycles. The van der Waals surface area contributed by atoms with Crippen molar-refractivity contribution in [1.82, 2.24) is 15.2 Å². The van der Waals surface area contributed by atoms with Crippen LogP contribution in [-0.4, -0.2) is 51.8 Å². The monoisotopic (exact) mass is 461 g/mol. The van der Waals surface area contributed by atoms with Crippen molar-refractivity contribution < 1.29 is 27.5 Å². The normalized spacial score (nSPS) is 11.4. The summed E-state index contributed by atoms with van der Waals surface area (Å²) in [5.41, 5.74) is 5.49. The summed E-state index contributed by atoms with van der Waals surface area (Å²) in [6, 6.07) is 10.8. The molecule has 0 aliphatic heterocycles. The number of sulfonamides is 1. The van der Waals surface area contributed by atoms with E-state index < -0.39 is 21.8 Å². The number of benzene rings is 2. The molecule has 2 aromatic carbocycles. The van der Waals surface area contributed by atoms with Crippen molar-refractivity contribution in [2.75, 3.05) is 27.3 Å². The minimum Gasteiger partial charge on any atom is -0.493 e. The van der Waals surface area contributed by atoms with E-state index in [0.717, 1.165) is 0 Å². The van der Waals surface area contributed by atoms with E-state index in [9.17, 15) is 18.0 Å². The van der Waals surface area contributed by atoms with Gasteiger partial charge in [0.2, 0.25) is 10.0 Å². The van der Waals surface area contributed by atoms with Gasteiger partial charge in [0.25, 0.3) is 11.8 Å². The molecule has 0 heterocycles. The lowest BCUT2D eigenvalue weighted by atomic mass is 10.2. The van der Waals surface area contributed by atoms with E-state index in [1.165, 1.54) is 54.9 Å². The quantitative estimate of drug-likeness (QED) is 0.437. The topological polar surface area (TPSA) is 114 Å². The van der Waals surface area contributed by atoms with Crippen LogP contribution < -0.4 is 20.3 Å². The fourth-order valence-corrected chi connectivity index (χ4v) is 4.30. The SMILES string of the molecule is CCN(CC)S(=O)(=O)c1ccc(/C=C/C(=O)NNC(=O)c2ccc(OC)c(OC)c2)cc1. The van der Waals surface area contributed by atoms with Crippen molar-refractivity contribution in [3.8, 4) is 11.5 Å². The molecule has 0 bridgehead atoms. The van der Waals surface area contributed by atoms with Gasteiger partial charge < -0.3 is 9.47 Å². The van der Waals surface area contributed by atoms with Crippen molar-refractivity contribution in [3.05, 3.63) is 59.7 Å². The van der Waals surface area contributed by atoms with Crippen molar-refractivity contribution in [2.45, 2.75) is 18.7 Å². The third kappa shape index (κ3) is 6.08. The molecule has 0 aliphatic rings. The molecule has 10 heteroatoms. The summed E-state index contributed by atoms with van der Waals surface area (Å²) in [7, 11) is -0.594. The predicted molar refractivity (Wildman–Crippen MR) is 121 cm³/mol. The molecule has 0 fully saturated rings. The summed E-state index contributed by atoms with van der Waals surface area (Å²) in [4.78, 5) is 24.4. The van der Waals surface area contributed by atoms with Crippen LogP contribution in [0.25, 0.3) is 6.08 Å². The Balaban J connectivity index is 1.97. The van der Waals surface area contributed by atoms with Gasteiger partial charge >= 0.3 is 0 Å². The van der Waals surface area contributed by atoms with Crippen LogP contribution in [0.15, 0.2) is 53.4 Å². The first-order chi connectivity index (χ1) is 15.3. The van der Waals surface area contributed by atoms with E-state index in [1.807, 2.05) is 0 Å². The van der Waals surface area contributed by atoms with E-state index in [4.69, 9.17) is 9.47 Å². The Labute approximate surface area is 188 Å². The van der Waals surface area contributed by atoms with E-state index >= 15 is 0 Å². The lowest BCUT2D eigenvalue weighted by molar-refractivity contribution is -0.117. The van der Waals surface area contributed by atoms with Gasteiger partial charge in [-0.3, -0.25) is 20.4 Å². The average molecular weight is 462 g/mol. The molecule has 0 unspecified atom stereocenters. The van der Waals surface area contributed by atoms with Crippen LogP contribution in [0.1, 0.15) is 29.8 Å². The van der Waals surface area contributed by atoms with Crippen molar-refractivity contribution in [2.24, 2.45) is 0 Å². The molecular weight excluding hydrogens is 434 g/mol. The lowest BCUT2D eigenvalue weighted by Crippen LogP contribution is -2.40. The first-order valence-electron chi connectivity index (χ1n) is 9.87. The molecule has 0 spiro atoms. The highest BCUT2D eigenvalue weighted by Crippen LogP contribution is 2.27. The van der Waals surface area contributed by atoms with Crippen LogP contribution in [0, 0.1) is 0 Å². The van der Waals surface area contributed by atoms with Gasteiger partial charge in [-0.05, 0) is 42.0 Å². The van der Waals surface area contributed by atoms with Gasteiger partial charge in [-0.25, -0.2) is 8.42 Å². The Hall–Kier alpha value is -3.37. The number of nitrogens with zero attached hydrogens (tertiary/aromatic N) is 1. The fraction of sp³-hybridized carbons (Fsp3) is 0.273. The number of carbonyl (C=O) groups excluding carboxylic acids is 2. The number of methoxy groups -OCH3 is 2. The smallest absolute Gasteiger partial charge is 0.269 e. The van der Waals surface area contributed by atoms with Gasteiger partial charge in [0.15, 0.2) is 11.5 Å². The second kappa shape index (κ2) is 11.3. The number of hydrazine groups is 1. The Morgan fingerprint density at radius 1 is 0.938 bits per heavy atom. The highest BCUT2D eigenvalue weighted by molar-refractivity contribution is 7.89. The van der Waals surface area contributed by atoms with Crippen LogP contribution >= 0.6 is 0 Å². The maximum Gasteiger partial charge on any atom is 0.269 e. The zero-order valence-corrected chi connectivity index (χ0v) is 19.2. The van der Waals surface area contributed by atoms with Crippen molar-refractivity contribution in [3.63, 3.8) is 0 Å². The van der Waals surface area contributed by atoms with Crippen LogP contribution in [0.4, 0.5) is 0 Å². The van der Waals surface area contributed by atoms with Crippen LogP contribution in [-0.2, 0) is 14.8 Å². The second-order valence-corrected chi connectivity index (χ2v) is 8.44. The van der Waals surface area contributed by atoms with Gasteiger partial charge in [-0.2, -0.15) is 4.31 Å². The van der Waals surface area contributed by atoms with Gasteiger partial charge in [0.1, 0.15) is 0 Å². The van der Waals surface area contributed by atoms with E-state index in [1.54, 1.807) is 32.0 Å². The number of ether oxygens (including phenoxy) is 2. The van der Waals surface area contributed by atoms with Crippen molar-refractivity contribution >= 4 is 27.9 Å². The zero-order chi connectivity index (χ0) is 23.7. The third-order valence-corrected chi connectivity index (χ3v) is 6.66. The van der Waals surface area contributed by atoms with E-state index in [-0.39, 0.29) is 10.5 Å². The molecule has 9 nitrogen and oxygen atoms in total. The van der Waals surface area contributed by atoms with Gasteiger partial charge in [0, 0.05) is 24.7 Å². The fourth-order valence-electron chi connectivity index (χ4n) is 2.85. The standard InChI is InChI=1S/C22H27N3O6S/c1-5-25(6-2)32(28,29)18-11-7-16(8-12-18)9-14-21(26)23-24-22(27)17-10-13-19(30-3)20(15-17)31-4/h7-15H,5-6H2,1-4H3,(H,23,26)(H,24,27)/b14-9+.